The molecular weight excluding hydrogens is 556 g/mol. The van der Waals surface area contributed by atoms with E-state index in [0.29, 0.717) is 46.7 Å². The fourth-order valence-electron chi connectivity index (χ4n) is 5.26. The van der Waals surface area contributed by atoms with Crippen LogP contribution >= 0.6 is 11.6 Å². The van der Waals surface area contributed by atoms with Gasteiger partial charge in [0.1, 0.15) is 11.9 Å². The number of nitrogens with two attached hydrogens (primary N) is 1. The summed E-state index contributed by atoms with van der Waals surface area (Å²) >= 11 is 6.11. The zero-order valence-electron chi connectivity index (χ0n) is 23.2. The zero-order valence-corrected chi connectivity index (χ0v) is 24.0. The van der Waals surface area contributed by atoms with Crippen molar-refractivity contribution in [3.8, 4) is 5.75 Å². The van der Waals surface area contributed by atoms with Crippen LogP contribution in [0.15, 0.2) is 24.3 Å². The molecule has 0 unspecified atom stereocenters. The fourth-order valence-corrected chi connectivity index (χ4v) is 5.42. The van der Waals surface area contributed by atoms with Crippen LogP contribution in [0.25, 0.3) is 0 Å². The number of benzene rings is 1. The first kappa shape index (κ1) is 32.2. The van der Waals surface area contributed by atoms with E-state index >= 15 is 0 Å². The van der Waals surface area contributed by atoms with Crippen molar-refractivity contribution in [2.24, 2.45) is 5.92 Å². The molecule has 3 aliphatic rings. The summed E-state index contributed by atoms with van der Waals surface area (Å²) < 4.78 is 10.9. The van der Waals surface area contributed by atoms with E-state index in [1.54, 1.807) is 12.1 Å². The summed E-state index contributed by atoms with van der Waals surface area (Å²) in [6.07, 6.45) is 6.68. The Labute approximate surface area is 244 Å². The van der Waals surface area contributed by atoms with Crippen LogP contribution in [0.1, 0.15) is 48.9 Å². The SMILES string of the molecule is COc1cc(N)c(Cl)cc1C(=O)NC1CCN(CC2CCN(C(=O)[C@@H]3CCCO3)CC2)CC1.O=C(O)C=CC(=O)O. The van der Waals surface area contributed by atoms with Gasteiger partial charge in [-0.1, -0.05) is 11.6 Å². The molecule has 0 radical (unpaired) electrons. The van der Waals surface area contributed by atoms with Crippen LogP contribution in [-0.2, 0) is 19.1 Å². The van der Waals surface area contributed by atoms with E-state index in [2.05, 4.69) is 10.2 Å². The predicted octanol–water partition coefficient (Wildman–Crippen LogP) is 2.25. The number of likely N-dealkylation sites (tertiary alicyclic amines) is 2. The lowest BCUT2D eigenvalue weighted by Gasteiger charge is -2.38. The maximum Gasteiger partial charge on any atom is 0.328 e. The number of rotatable bonds is 8. The number of carbonyl (C=O) groups excluding carboxylic acids is 2. The van der Waals surface area contributed by atoms with Gasteiger partial charge in [-0.3, -0.25) is 9.59 Å². The first-order valence-corrected chi connectivity index (χ1v) is 14.2. The van der Waals surface area contributed by atoms with E-state index in [1.165, 1.54) is 7.11 Å². The third-order valence-electron chi connectivity index (χ3n) is 7.50. The Bertz CT molecular complexity index is 1090. The molecule has 3 aliphatic heterocycles. The number of anilines is 1. The molecule has 1 aromatic rings. The standard InChI is InChI=1S/C24H35ClN4O4.C4H4O4/c1-32-22-14-20(26)19(25)13-18(22)23(30)27-17-6-8-28(9-7-17)15-16-4-10-29(11-5-16)24(31)21-3-2-12-33-21;5-3(6)1-2-4(7)8/h13-14,16-17,21H,2-12,15,26H2,1H3,(H,27,30);1-2H,(H,5,6)(H,7,8)/t21-;/m0./s1. The molecule has 0 bridgehead atoms. The van der Waals surface area contributed by atoms with Crippen LogP contribution in [0.3, 0.4) is 0 Å². The quantitative estimate of drug-likeness (QED) is 0.258. The van der Waals surface area contributed by atoms with Crippen molar-refractivity contribution in [2.45, 2.75) is 50.7 Å². The van der Waals surface area contributed by atoms with Gasteiger partial charge in [-0.25, -0.2) is 9.59 Å². The summed E-state index contributed by atoms with van der Waals surface area (Å²) in [6, 6.07) is 3.27. The van der Waals surface area contributed by atoms with Gasteiger partial charge in [-0.15, -0.1) is 0 Å². The van der Waals surface area contributed by atoms with E-state index in [9.17, 15) is 19.2 Å². The summed E-state index contributed by atoms with van der Waals surface area (Å²) in [7, 11) is 1.51. The lowest BCUT2D eigenvalue weighted by molar-refractivity contribution is -0.142. The highest BCUT2D eigenvalue weighted by Crippen LogP contribution is 2.29. The minimum atomic E-state index is -1.26. The number of nitrogen functional groups attached to an aromatic ring is 1. The first-order valence-electron chi connectivity index (χ1n) is 13.8. The zero-order chi connectivity index (χ0) is 29.9. The average molecular weight is 595 g/mol. The number of nitrogens with one attached hydrogen (secondary N) is 1. The van der Waals surface area contributed by atoms with Gasteiger partial charge in [0.05, 0.1) is 23.4 Å². The largest absolute Gasteiger partial charge is 0.496 e. The number of piperidine rings is 2. The number of hydrogen-bond donors (Lipinski definition) is 4. The Balaban J connectivity index is 0.000000507. The van der Waals surface area contributed by atoms with E-state index in [0.717, 1.165) is 71.2 Å². The Kier molecular flexibility index (Phi) is 12.2. The Morgan fingerprint density at radius 3 is 2.22 bits per heavy atom. The molecule has 1 atom stereocenters. The molecule has 0 aromatic heterocycles. The molecule has 1 aromatic carbocycles. The summed E-state index contributed by atoms with van der Waals surface area (Å²) in [5.74, 6) is -1.47. The van der Waals surface area contributed by atoms with Crippen molar-refractivity contribution in [1.82, 2.24) is 15.1 Å². The Hall–Kier alpha value is -3.35. The second-order valence-electron chi connectivity index (χ2n) is 10.4. The highest BCUT2D eigenvalue weighted by molar-refractivity contribution is 6.33. The summed E-state index contributed by atoms with van der Waals surface area (Å²) in [6.45, 7) is 5.36. The van der Waals surface area contributed by atoms with Gasteiger partial charge in [0, 0.05) is 63.6 Å². The number of nitrogens with zero attached hydrogens (tertiary/aromatic N) is 2. The normalized spacial score (nSPS) is 20.3. The van der Waals surface area contributed by atoms with Crippen LogP contribution in [0, 0.1) is 5.92 Å². The molecule has 2 amide bonds. The minimum absolute atomic E-state index is 0.126. The molecular formula is C28H39ClN4O8. The molecule has 3 fully saturated rings. The number of halogens is 1. The van der Waals surface area contributed by atoms with Crippen molar-refractivity contribution in [3.05, 3.63) is 34.9 Å². The van der Waals surface area contributed by atoms with Crippen molar-refractivity contribution >= 4 is 41.0 Å². The van der Waals surface area contributed by atoms with Gasteiger partial charge in [0.25, 0.3) is 11.8 Å². The summed E-state index contributed by atoms with van der Waals surface area (Å²) in [5.41, 5.74) is 6.61. The molecule has 41 heavy (non-hydrogen) atoms. The molecule has 0 spiro atoms. The maximum absolute atomic E-state index is 12.8. The highest BCUT2D eigenvalue weighted by Gasteiger charge is 2.32. The Morgan fingerprint density at radius 1 is 1.05 bits per heavy atom. The number of hydrogen-bond acceptors (Lipinski definition) is 8. The number of amides is 2. The third kappa shape index (κ3) is 9.91. The molecule has 0 saturated carbocycles. The van der Waals surface area contributed by atoms with Gasteiger partial charge in [-0.05, 0) is 50.5 Å². The molecule has 4 rings (SSSR count). The average Bonchev–Trinajstić information content (AvgIpc) is 3.50. The molecule has 226 valence electrons. The van der Waals surface area contributed by atoms with Crippen LogP contribution in [0.4, 0.5) is 5.69 Å². The van der Waals surface area contributed by atoms with Crippen LogP contribution in [0.5, 0.6) is 5.75 Å². The number of aliphatic carboxylic acids is 2. The summed E-state index contributed by atoms with van der Waals surface area (Å²) in [5, 5.41) is 19.1. The smallest absolute Gasteiger partial charge is 0.328 e. The van der Waals surface area contributed by atoms with E-state index in [4.69, 9.17) is 37.0 Å². The van der Waals surface area contributed by atoms with Crippen LogP contribution in [0.2, 0.25) is 5.02 Å². The number of ether oxygens (including phenoxy) is 2. The lowest BCUT2D eigenvalue weighted by atomic mass is 9.94. The molecule has 3 saturated heterocycles. The molecule has 3 heterocycles. The Morgan fingerprint density at radius 2 is 1.68 bits per heavy atom. The van der Waals surface area contributed by atoms with E-state index < -0.39 is 11.9 Å². The predicted molar refractivity (Wildman–Crippen MR) is 152 cm³/mol. The van der Waals surface area contributed by atoms with Gasteiger partial charge in [0.2, 0.25) is 0 Å². The van der Waals surface area contributed by atoms with E-state index in [1.807, 2.05) is 4.90 Å². The molecule has 13 heteroatoms. The topological polar surface area (TPSA) is 172 Å². The monoisotopic (exact) mass is 594 g/mol. The number of methoxy groups -OCH3 is 1. The first-order chi connectivity index (χ1) is 19.6. The molecule has 12 nitrogen and oxygen atoms in total. The lowest BCUT2D eigenvalue weighted by Crippen LogP contribution is -2.48. The fraction of sp³-hybridized carbons (Fsp3) is 0.571. The maximum atomic E-state index is 12.8. The number of carboxylic acid groups (broad SMARTS) is 2. The minimum Gasteiger partial charge on any atom is -0.496 e. The van der Waals surface area contributed by atoms with Gasteiger partial charge in [0.15, 0.2) is 0 Å². The number of carbonyl (C=O) groups is 4. The number of carboxylic acids is 2. The van der Waals surface area contributed by atoms with Gasteiger partial charge < -0.3 is 40.5 Å². The van der Waals surface area contributed by atoms with Gasteiger partial charge in [-0.2, -0.15) is 0 Å². The molecule has 5 N–H and O–H groups in total. The van der Waals surface area contributed by atoms with Crippen LogP contribution < -0.4 is 15.8 Å². The second-order valence-corrected chi connectivity index (χ2v) is 10.8. The third-order valence-corrected chi connectivity index (χ3v) is 7.83. The molecule has 0 aliphatic carbocycles. The van der Waals surface area contributed by atoms with Crippen molar-refractivity contribution in [3.63, 3.8) is 0 Å². The van der Waals surface area contributed by atoms with Crippen molar-refractivity contribution < 1.29 is 38.9 Å². The van der Waals surface area contributed by atoms with Crippen molar-refractivity contribution in [1.29, 1.82) is 0 Å². The van der Waals surface area contributed by atoms with Crippen molar-refractivity contribution in [2.75, 3.05) is 52.2 Å². The van der Waals surface area contributed by atoms with E-state index in [-0.39, 0.29) is 24.0 Å². The highest BCUT2D eigenvalue weighted by atomic mass is 35.5. The summed E-state index contributed by atoms with van der Waals surface area (Å²) in [4.78, 5) is 48.9. The van der Waals surface area contributed by atoms with Gasteiger partial charge >= 0.3 is 11.9 Å². The second kappa shape index (κ2) is 15.6. The van der Waals surface area contributed by atoms with Crippen LogP contribution in [-0.4, -0.2) is 102 Å².